The van der Waals surface area contributed by atoms with E-state index in [-0.39, 0.29) is 0 Å². The highest BCUT2D eigenvalue weighted by atomic mass is 31.2. The first-order chi connectivity index (χ1) is 9.94. The Kier molecular flexibility index (Phi) is 4.70. The van der Waals surface area contributed by atoms with Crippen molar-refractivity contribution in [2.45, 2.75) is 38.5 Å². The maximum atomic E-state index is 14.1. The second-order valence-electron chi connectivity index (χ2n) is 5.86. The van der Waals surface area contributed by atoms with Gasteiger partial charge in [0.2, 0.25) is 0 Å². The van der Waals surface area contributed by atoms with Gasteiger partial charge in [-0.15, -0.1) is 0 Å². The van der Waals surface area contributed by atoms with E-state index in [4.69, 9.17) is 0 Å². The highest BCUT2D eigenvalue weighted by Crippen LogP contribution is 2.57. The van der Waals surface area contributed by atoms with Gasteiger partial charge in [0.25, 0.3) is 0 Å². The lowest BCUT2D eigenvalue weighted by Crippen LogP contribution is -2.42. The minimum absolute atomic E-state index is 0.580. The van der Waals surface area contributed by atoms with E-state index in [1.807, 2.05) is 81.4 Å². The molecule has 0 aromatic heterocycles. The van der Waals surface area contributed by atoms with Crippen molar-refractivity contribution in [1.82, 2.24) is 0 Å². The van der Waals surface area contributed by atoms with Crippen molar-refractivity contribution in [2.75, 3.05) is 0 Å². The van der Waals surface area contributed by atoms with E-state index in [1.165, 1.54) is 0 Å². The molecule has 1 N–H and O–H groups in total. The van der Waals surface area contributed by atoms with Crippen LogP contribution in [-0.4, -0.2) is 16.4 Å². The Bertz CT molecular complexity index is 577. The van der Waals surface area contributed by atoms with Crippen LogP contribution in [0.5, 0.6) is 0 Å². The highest BCUT2D eigenvalue weighted by Gasteiger charge is 2.47. The summed E-state index contributed by atoms with van der Waals surface area (Å²) in [7, 11) is -2.95. The van der Waals surface area contributed by atoms with E-state index in [1.54, 1.807) is 0 Å². The molecule has 0 spiro atoms. The van der Waals surface area contributed by atoms with Crippen LogP contribution in [0.3, 0.4) is 0 Å². The lowest BCUT2D eigenvalue weighted by atomic mass is 10.0. The first-order valence-corrected chi connectivity index (χ1v) is 9.04. The van der Waals surface area contributed by atoms with E-state index in [0.717, 1.165) is 10.6 Å². The van der Waals surface area contributed by atoms with Crippen LogP contribution in [0.25, 0.3) is 0 Å². The summed E-state index contributed by atoms with van der Waals surface area (Å²) in [6.07, 6.45) is -0.0415. The lowest BCUT2D eigenvalue weighted by Gasteiger charge is -2.38. The predicted octanol–water partition coefficient (Wildman–Crippen LogP) is 3.55. The number of rotatable bonds is 5. The fourth-order valence-electron chi connectivity index (χ4n) is 2.80. The number of benzene rings is 2. The van der Waals surface area contributed by atoms with Crippen molar-refractivity contribution < 1.29 is 9.67 Å². The number of aliphatic hydroxyl groups excluding tert-OH is 1. The van der Waals surface area contributed by atoms with Crippen molar-refractivity contribution in [3.8, 4) is 0 Å². The monoisotopic (exact) mass is 302 g/mol. The Hall–Kier alpha value is -1.37. The number of hydrogen-bond acceptors (Lipinski definition) is 2. The summed E-state index contributed by atoms with van der Waals surface area (Å²) in [5.74, 6) is 0. The van der Waals surface area contributed by atoms with Crippen LogP contribution in [0.1, 0.15) is 27.2 Å². The molecule has 0 aliphatic rings. The molecule has 112 valence electrons. The van der Waals surface area contributed by atoms with Crippen molar-refractivity contribution in [3.63, 3.8) is 0 Å². The fraction of sp³-hybridized carbons (Fsp3) is 0.333. The molecular formula is C18H23O2P. The molecule has 21 heavy (non-hydrogen) atoms. The molecule has 0 fully saturated rings. The molecule has 3 heteroatoms. The first kappa shape index (κ1) is 16.0. The van der Waals surface area contributed by atoms with Crippen LogP contribution < -0.4 is 10.6 Å². The average Bonchev–Trinajstić information content (AvgIpc) is 2.54. The Labute approximate surface area is 127 Å². The van der Waals surface area contributed by atoms with Gasteiger partial charge in [-0.3, -0.25) is 0 Å². The SMILES string of the molecule is CCC(O)C(C)(C)P(=O)(c1ccccc1)c1ccccc1. The third kappa shape index (κ3) is 2.71. The maximum absolute atomic E-state index is 14.1. The Morgan fingerprint density at radius 2 is 1.33 bits per heavy atom. The number of aliphatic hydroxyl groups is 1. The molecule has 2 aromatic rings. The number of hydrogen-bond donors (Lipinski definition) is 1. The predicted molar refractivity (Wildman–Crippen MR) is 90.1 cm³/mol. The van der Waals surface area contributed by atoms with Gasteiger partial charge in [0.15, 0.2) is 7.14 Å². The van der Waals surface area contributed by atoms with Gasteiger partial charge in [0.1, 0.15) is 0 Å². The second kappa shape index (κ2) is 6.17. The smallest absolute Gasteiger partial charge is 0.151 e. The summed E-state index contributed by atoms with van der Waals surface area (Å²) in [6, 6.07) is 19.0. The normalized spacial score (nSPS) is 13.9. The summed E-state index contributed by atoms with van der Waals surface area (Å²) in [4.78, 5) is 0. The molecule has 0 saturated heterocycles. The van der Waals surface area contributed by atoms with Crippen LogP contribution in [0.15, 0.2) is 60.7 Å². The van der Waals surface area contributed by atoms with Gasteiger partial charge >= 0.3 is 0 Å². The van der Waals surface area contributed by atoms with Gasteiger partial charge in [0.05, 0.1) is 11.3 Å². The summed E-state index contributed by atoms with van der Waals surface area (Å²) < 4.78 is 14.1. The van der Waals surface area contributed by atoms with Crippen molar-refractivity contribution >= 4 is 17.8 Å². The molecule has 1 unspecified atom stereocenters. The molecule has 2 aromatic carbocycles. The van der Waals surface area contributed by atoms with Crippen LogP contribution in [0.4, 0.5) is 0 Å². The molecule has 1 atom stereocenters. The minimum atomic E-state index is -2.95. The molecule has 0 bridgehead atoms. The van der Waals surface area contributed by atoms with Crippen LogP contribution in [0.2, 0.25) is 0 Å². The second-order valence-corrected chi connectivity index (χ2v) is 9.26. The van der Waals surface area contributed by atoms with Crippen LogP contribution in [0, 0.1) is 0 Å². The van der Waals surface area contributed by atoms with Gasteiger partial charge in [-0.05, 0) is 20.3 Å². The van der Waals surface area contributed by atoms with E-state index in [9.17, 15) is 9.67 Å². The molecule has 2 nitrogen and oxygen atoms in total. The minimum Gasteiger partial charge on any atom is -0.392 e. The fourth-order valence-corrected chi connectivity index (χ4v) is 6.22. The largest absolute Gasteiger partial charge is 0.392 e. The van der Waals surface area contributed by atoms with Gasteiger partial charge in [0, 0.05) is 10.6 Å². The molecule has 0 radical (unpaired) electrons. The summed E-state index contributed by atoms with van der Waals surface area (Å²) in [5.41, 5.74) is 0. The zero-order chi connectivity index (χ0) is 15.5. The standard InChI is InChI=1S/C18H23O2P/c1-4-17(19)18(2,3)21(20,15-11-7-5-8-12-15)16-13-9-6-10-14-16/h5-14,17,19H,4H2,1-3H3. The first-order valence-electron chi connectivity index (χ1n) is 7.34. The van der Waals surface area contributed by atoms with E-state index < -0.39 is 18.4 Å². The highest BCUT2D eigenvalue weighted by molar-refractivity contribution is 7.80. The lowest BCUT2D eigenvalue weighted by molar-refractivity contribution is 0.133. The third-order valence-electron chi connectivity index (χ3n) is 4.25. The van der Waals surface area contributed by atoms with Crippen LogP contribution >= 0.6 is 7.14 Å². The summed E-state index contributed by atoms with van der Waals surface area (Å²) in [6.45, 7) is 5.73. The molecule has 0 heterocycles. The van der Waals surface area contributed by atoms with E-state index >= 15 is 0 Å². The van der Waals surface area contributed by atoms with E-state index in [0.29, 0.717) is 6.42 Å². The van der Waals surface area contributed by atoms with Crippen LogP contribution in [-0.2, 0) is 4.57 Å². The van der Waals surface area contributed by atoms with Crippen molar-refractivity contribution in [2.24, 2.45) is 0 Å². The van der Waals surface area contributed by atoms with Crippen molar-refractivity contribution in [3.05, 3.63) is 60.7 Å². The summed E-state index contributed by atoms with van der Waals surface area (Å²) >= 11 is 0. The molecule has 0 aliphatic heterocycles. The molecule has 2 rings (SSSR count). The summed E-state index contributed by atoms with van der Waals surface area (Å²) in [5, 5.41) is 11.4. The Morgan fingerprint density at radius 1 is 0.952 bits per heavy atom. The van der Waals surface area contributed by atoms with Crippen molar-refractivity contribution in [1.29, 1.82) is 0 Å². The molecule has 0 aliphatic carbocycles. The topological polar surface area (TPSA) is 37.3 Å². The molecule has 0 amide bonds. The zero-order valence-corrected chi connectivity index (χ0v) is 13.8. The Balaban J connectivity index is 2.70. The molecular weight excluding hydrogens is 279 g/mol. The zero-order valence-electron chi connectivity index (χ0n) is 12.9. The quantitative estimate of drug-likeness (QED) is 0.858. The third-order valence-corrected chi connectivity index (χ3v) is 8.23. The maximum Gasteiger partial charge on any atom is 0.151 e. The van der Waals surface area contributed by atoms with Gasteiger partial charge < -0.3 is 9.67 Å². The van der Waals surface area contributed by atoms with Gasteiger partial charge in [-0.25, -0.2) is 0 Å². The van der Waals surface area contributed by atoms with E-state index in [2.05, 4.69) is 0 Å². The molecule has 0 saturated carbocycles. The van der Waals surface area contributed by atoms with Gasteiger partial charge in [-0.1, -0.05) is 67.6 Å². The van der Waals surface area contributed by atoms with Gasteiger partial charge in [-0.2, -0.15) is 0 Å². The Morgan fingerprint density at radius 3 is 1.67 bits per heavy atom. The average molecular weight is 302 g/mol.